The molecule has 0 aliphatic heterocycles. The zero-order valence-electron chi connectivity index (χ0n) is 9.03. The van der Waals surface area contributed by atoms with Gasteiger partial charge in [0.25, 0.3) is 0 Å². The second-order valence-electron chi connectivity index (χ2n) is 3.67. The first kappa shape index (κ1) is 9.71. The second-order valence-corrected chi connectivity index (χ2v) is 3.67. The summed E-state index contributed by atoms with van der Waals surface area (Å²) >= 11 is 0. The fourth-order valence-electron chi connectivity index (χ4n) is 1.58. The van der Waals surface area contributed by atoms with Gasteiger partial charge in [0.05, 0.1) is 11.0 Å². The lowest BCUT2D eigenvalue weighted by atomic mass is 10.2. The highest BCUT2D eigenvalue weighted by molar-refractivity contribution is 5.89. The third-order valence-electron chi connectivity index (χ3n) is 2.32. The molecule has 1 aromatic heterocycles. The van der Waals surface area contributed by atoms with Crippen LogP contribution in [0.3, 0.4) is 0 Å². The maximum Gasteiger partial charge on any atom is 0.223 e. The minimum absolute atomic E-state index is 0.106. The molecular formula is C11H13N3O. The molecule has 0 unspecified atom stereocenters. The maximum absolute atomic E-state index is 10.9. The smallest absolute Gasteiger partial charge is 0.223 e. The summed E-state index contributed by atoms with van der Waals surface area (Å²) in [6.07, 6.45) is 0. The number of fused-ring (bicyclic) bond motifs is 1. The molecule has 1 N–H and O–H groups in total. The number of aromatic nitrogens is 2. The molecule has 0 saturated carbocycles. The number of carbonyl (C=O) groups excluding carboxylic acids is 1. The Labute approximate surface area is 87.9 Å². The van der Waals surface area contributed by atoms with Crippen molar-refractivity contribution in [3.8, 4) is 0 Å². The number of carbonyl (C=O) groups is 1. The molecular weight excluding hydrogens is 190 g/mol. The van der Waals surface area contributed by atoms with Crippen LogP contribution in [-0.2, 0) is 11.8 Å². The third-order valence-corrected chi connectivity index (χ3v) is 2.32. The Morgan fingerprint density at radius 1 is 1.47 bits per heavy atom. The Balaban J connectivity index is 2.58. The number of nitrogens with one attached hydrogen (secondary N) is 1. The molecule has 1 heterocycles. The standard InChI is InChI=1S/C11H13N3O/c1-7-4-5-10-9(6-7)13-11(14(10)3)12-8(2)15/h4-6H,1-3H3,(H,12,13,15). The Hall–Kier alpha value is -1.84. The van der Waals surface area contributed by atoms with Crippen LogP contribution < -0.4 is 5.32 Å². The number of hydrogen-bond donors (Lipinski definition) is 1. The van der Waals surface area contributed by atoms with Crippen molar-refractivity contribution in [3.05, 3.63) is 23.8 Å². The predicted molar refractivity (Wildman–Crippen MR) is 59.8 cm³/mol. The fraction of sp³-hybridized carbons (Fsp3) is 0.273. The van der Waals surface area contributed by atoms with E-state index < -0.39 is 0 Å². The van der Waals surface area contributed by atoms with Crippen LogP contribution in [0.1, 0.15) is 12.5 Å². The largest absolute Gasteiger partial charge is 0.313 e. The van der Waals surface area contributed by atoms with Crippen LogP contribution in [0.5, 0.6) is 0 Å². The van der Waals surface area contributed by atoms with E-state index in [1.54, 1.807) is 0 Å². The van der Waals surface area contributed by atoms with E-state index in [2.05, 4.69) is 10.3 Å². The van der Waals surface area contributed by atoms with Crippen molar-refractivity contribution in [1.29, 1.82) is 0 Å². The van der Waals surface area contributed by atoms with Crippen LogP contribution in [0, 0.1) is 6.92 Å². The van der Waals surface area contributed by atoms with Crippen LogP contribution in [0.25, 0.3) is 11.0 Å². The van der Waals surface area contributed by atoms with Crippen molar-refractivity contribution in [2.75, 3.05) is 5.32 Å². The maximum atomic E-state index is 10.9. The number of anilines is 1. The highest BCUT2D eigenvalue weighted by Crippen LogP contribution is 2.19. The van der Waals surface area contributed by atoms with Crippen LogP contribution >= 0.6 is 0 Å². The predicted octanol–water partition coefficient (Wildman–Crippen LogP) is 1.84. The van der Waals surface area contributed by atoms with Gasteiger partial charge in [-0.15, -0.1) is 0 Å². The summed E-state index contributed by atoms with van der Waals surface area (Å²) in [6, 6.07) is 6.03. The molecule has 2 aromatic rings. The molecule has 4 heteroatoms. The first-order valence-corrected chi connectivity index (χ1v) is 4.78. The van der Waals surface area contributed by atoms with Gasteiger partial charge in [0.15, 0.2) is 0 Å². The summed E-state index contributed by atoms with van der Waals surface area (Å²) in [7, 11) is 1.88. The van der Waals surface area contributed by atoms with Crippen molar-refractivity contribution >= 4 is 22.9 Å². The molecule has 0 bridgehead atoms. The minimum atomic E-state index is -0.106. The van der Waals surface area contributed by atoms with Gasteiger partial charge >= 0.3 is 0 Å². The second kappa shape index (κ2) is 3.38. The molecule has 0 fully saturated rings. The number of amides is 1. The third kappa shape index (κ3) is 1.70. The van der Waals surface area contributed by atoms with Gasteiger partial charge in [0.2, 0.25) is 11.9 Å². The van der Waals surface area contributed by atoms with E-state index in [1.807, 2.05) is 36.7 Å². The molecule has 2 rings (SSSR count). The van der Waals surface area contributed by atoms with E-state index in [4.69, 9.17) is 0 Å². The van der Waals surface area contributed by atoms with Crippen LogP contribution in [0.2, 0.25) is 0 Å². The van der Waals surface area contributed by atoms with Gasteiger partial charge in [-0.2, -0.15) is 0 Å². The average Bonchev–Trinajstić information content (AvgIpc) is 2.42. The lowest BCUT2D eigenvalue weighted by Crippen LogP contribution is -2.10. The van der Waals surface area contributed by atoms with Gasteiger partial charge in [0, 0.05) is 14.0 Å². The normalized spacial score (nSPS) is 10.6. The summed E-state index contributed by atoms with van der Waals surface area (Å²) in [5.74, 6) is 0.480. The van der Waals surface area contributed by atoms with Gasteiger partial charge in [-0.1, -0.05) is 6.07 Å². The Morgan fingerprint density at radius 2 is 2.20 bits per heavy atom. The molecule has 0 saturated heterocycles. The average molecular weight is 203 g/mol. The van der Waals surface area contributed by atoms with Crippen LogP contribution in [0.4, 0.5) is 5.95 Å². The summed E-state index contributed by atoms with van der Waals surface area (Å²) in [4.78, 5) is 15.3. The molecule has 15 heavy (non-hydrogen) atoms. The molecule has 0 spiro atoms. The molecule has 78 valence electrons. The Morgan fingerprint density at radius 3 is 2.87 bits per heavy atom. The molecule has 1 aromatic carbocycles. The quantitative estimate of drug-likeness (QED) is 0.768. The number of hydrogen-bond acceptors (Lipinski definition) is 2. The molecule has 0 aliphatic carbocycles. The van der Waals surface area contributed by atoms with Crippen molar-refractivity contribution < 1.29 is 4.79 Å². The molecule has 1 amide bonds. The first-order chi connectivity index (χ1) is 7.08. The monoisotopic (exact) mass is 203 g/mol. The summed E-state index contributed by atoms with van der Waals surface area (Å²) in [5, 5.41) is 2.69. The van der Waals surface area contributed by atoms with Crippen molar-refractivity contribution in [2.24, 2.45) is 7.05 Å². The van der Waals surface area contributed by atoms with E-state index in [-0.39, 0.29) is 5.91 Å². The van der Waals surface area contributed by atoms with Crippen LogP contribution in [0.15, 0.2) is 18.2 Å². The van der Waals surface area contributed by atoms with Crippen molar-refractivity contribution in [2.45, 2.75) is 13.8 Å². The summed E-state index contributed by atoms with van der Waals surface area (Å²) in [6.45, 7) is 3.50. The zero-order chi connectivity index (χ0) is 11.0. The van der Waals surface area contributed by atoms with Gasteiger partial charge in [-0.25, -0.2) is 4.98 Å². The van der Waals surface area contributed by atoms with E-state index >= 15 is 0 Å². The van der Waals surface area contributed by atoms with E-state index in [9.17, 15) is 4.79 Å². The first-order valence-electron chi connectivity index (χ1n) is 4.78. The van der Waals surface area contributed by atoms with E-state index in [0.29, 0.717) is 5.95 Å². The number of aryl methyl sites for hydroxylation is 2. The molecule has 4 nitrogen and oxygen atoms in total. The van der Waals surface area contributed by atoms with Gasteiger partial charge in [-0.05, 0) is 24.6 Å². The lowest BCUT2D eigenvalue weighted by Gasteiger charge is -2.01. The highest BCUT2D eigenvalue weighted by Gasteiger charge is 2.07. The van der Waals surface area contributed by atoms with Gasteiger partial charge < -0.3 is 4.57 Å². The van der Waals surface area contributed by atoms with Crippen LogP contribution in [-0.4, -0.2) is 15.5 Å². The summed E-state index contributed by atoms with van der Waals surface area (Å²) < 4.78 is 1.87. The SMILES string of the molecule is CC(=O)Nc1nc2cc(C)ccc2n1C. The van der Waals surface area contributed by atoms with E-state index in [1.165, 1.54) is 6.92 Å². The minimum Gasteiger partial charge on any atom is -0.313 e. The topological polar surface area (TPSA) is 46.9 Å². The number of nitrogens with zero attached hydrogens (tertiary/aromatic N) is 2. The molecule has 0 radical (unpaired) electrons. The molecule has 0 aliphatic rings. The van der Waals surface area contributed by atoms with Crippen molar-refractivity contribution in [1.82, 2.24) is 9.55 Å². The fourth-order valence-corrected chi connectivity index (χ4v) is 1.58. The number of imidazole rings is 1. The van der Waals surface area contributed by atoms with Crippen molar-refractivity contribution in [3.63, 3.8) is 0 Å². The lowest BCUT2D eigenvalue weighted by molar-refractivity contribution is -0.114. The summed E-state index contributed by atoms with van der Waals surface area (Å²) in [5.41, 5.74) is 3.08. The number of benzene rings is 1. The Bertz CT molecular complexity index is 528. The molecule has 0 atom stereocenters. The Kier molecular flexibility index (Phi) is 2.19. The number of rotatable bonds is 1. The van der Waals surface area contributed by atoms with Gasteiger partial charge in [0.1, 0.15) is 0 Å². The highest BCUT2D eigenvalue weighted by atomic mass is 16.1. The van der Waals surface area contributed by atoms with E-state index in [0.717, 1.165) is 16.6 Å². The van der Waals surface area contributed by atoms with Gasteiger partial charge in [-0.3, -0.25) is 10.1 Å². The zero-order valence-corrected chi connectivity index (χ0v) is 9.03.